The molecule has 3 N–H and O–H groups in total. The highest BCUT2D eigenvalue weighted by atomic mass is 32.2. The van der Waals surface area contributed by atoms with Crippen molar-refractivity contribution in [3.63, 3.8) is 0 Å². The van der Waals surface area contributed by atoms with Crippen LogP contribution >= 0.6 is 11.3 Å². The van der Waals surface area contributed by atoms with Crippen LogP contribution < -0.4 is 11.1 Å². The first-order valence-corrected chi connectivity index (χ1v) is 9.46. The second-order valence-electron chi connectivity index (χ2n) is 5.33. The van der Waals surface area contributed by atoms with Gasteiger partial charge in [0.05, 0.1) is 16.5 Å². The summed E-state index contributed by atoms with van der Waals surface area (Å²) in [5.74, 6) is 0. The van der Waals surface area contributed by atoms with Crippen molar-refractivity contribution in [2.24, 2.45) is 0 Å². The van der Waals surface area contributed by atoms with Crippen molar-refractivity contribution < 1.29 is 8.42 Å². The van der Waals surface area contributed by atoms with E-state index >= 15 is 0 Å². The normalized spacial score (nSPS) is 18.1. The Morgan fingerprint density at radius 3 is 2.76 bits per heavy atom. The number of rotatable bonds is 3. The summed E-state index contributed by atoms with van der Waals surface area (Å²) in [4.78, 5) is 4.54. The van der Waals surface area contributed by atoms with Gasteiger partial charge in [-0.15, -0.1) is 0 Å². The van der Waals surface area contributed by atoms with E-state index in [0.717, 1.165) is 33.9 Å². The Morgan fingerprint density at radius 1 is 1.38 bits per heavy atom. The van der Waals surface area contributed by atoms with Crippen LogP contribution in [0.25, 0.3) is 10.2 Å². The third-order valence-corrected chi connectivity index (χ3v) is 5.92. The van der Waals surface area contributed by atoms with Crippen LogP contribution in [0.4, 0.5) is 10.8 Å². The molecule has 1 saturated heterocycles. The number of nitrogens with one attached hydrogen (secondary N) is 1. The number of benzene rings is 1. The first-order valence-electron chi connectivity index (χ1n) is 6.79. The number of nitrogens with two attached hydrogens (primary N) is 1. The zero-order valence-electron chi connectivity index (χ0n) is 11.7. The van der Waals surface area contributed by atoms with Gasteiger partial charge in [0, 0.05) is 24.8 Å². The van der Waals surface area contributed by atoms with Gasteiger partial charge < -0.3 is 11.1 Å². The molecule has 0 amide bonds. The Balaban J connectivity index is 1.67. The molecule has 8 heteroatoms. The number of piperidine rings is 1. The quantitative estimate of drug-likeness (QED) is 0.838. The topological polar surface area (TPSA) is 88.3 Å². The van der Waals surface area contributed by atoms with Crippen molar-refractivity contribution in [2.75, 3.05) is 30.4 Å². The lowest BCUT2D eigenvalue weighted by molar-refractivity contribution is 0.332. The molecule has 21 heavy (non-hydrogen) atoms. The molecule has 2 aromatic rings. The van der Waals surface area contributed by atoms with E-state index in [1.165, 1.54) is 10.6 Å². The minimum Gasteiger partial charge on any atom is -0.399 e. The minimum atomic E-state index is -3.07. The zero-order valence-corrected chi connectivity index (χ0v) is 13.4. The van der Waals surface area contributed by atoms with E-state index in [2.05, 4.69) is 10.3 Å². The number of fused-ring (bicyclic) bond motifs is 1. The van der Waals surface area contributed by atoms with Gasteiger partial charge in [-0.1, -0.05) is 11.3 Å². The van der Waals surface area contributed by atoms with Gasteiger partial charge in [0.25, 0.3) is 0 Å². The maximum atomic E-state index is 11.5. The molecule has 0 saturated carbocycles. The van der Waals surface area contributed by atoms with Gasteiger partial charge in [-0.05, 0) is 31.0 Å². The van der Waals surface area contributed by atoms with E-state index < -0.39 is 10.0 Å². The van der Waals surface area contributed by atoms with Crippen LogP contribution in [0.5, 0.6) is 0 Å². The lowest BCUT2D eigenvalue weighted by Crippen LogP contribution is -2.41. The van der Waals surface area contributed by atoms with Crippen molar-refractivity contribution in [1.29, 1.82) is 0 Å². The van der Waals surface area contributed by atoms with Crippen molar-refractivity contribution in [2.45, 2.75) is 18.9 Å². The van der Waals surface area contributed by atoms with E-state index in [-0.39, 0.29) is 6.04 Å². The fraction of sp³-hybridized carbons (Fsp3) is 0.462. The fourth-order valence-electron chi connectivity index (χ4n) is 2.51. The lowest BCUT2D eigenvalue weighted by atomic mass is 10.1. The predicted molar refractivity (Wildman–Crippen MR) is 87.1 cm³/mol. The van der Waals surface area contributed by atoms with E-state index in [9.17, 15) is 8.42 Å². The van der Waals surface area contributed by atoms with Crippen LogP contribution in [0.15, 0.2) is 18.2 Å². The van der Waals surface area contributed by atoms with Gasteiger partial charge in [0.1, 0.15) is 0 Å². The summed E-state index contributed by atoms with van der Waals surface area (Å²) in [5, 5.41) is 4.28. The molecule has 1 fully saturated rings. The van der Waals surface area contributed by atoms with Crippen LogP contribution in [0.1, 0.15) is 12.8 Å². The van der Waals surface area contributed by atoms with Crippen LogP contribution in [0.3, 0.4) is 0 Å². The standard InChI is InChI=1S/C13H18N4O2S2/c1-21(18,19)17-6-4-10(5-7-17)15-13-16-11-3-2-9(14)8-12(11)20-13/h2-3,8,10H,4-7,14H2,1H3,(H,15,16). The molecule has 114 valence electrons. The molecule has 1 aliphatic heterocycles. The van der Waals surface area contributed by atoms with E-state index in [1.54, 1.807) is 11.3 Å². The first kappa shape index (κ1) is 14.6. The molecule has 0 spiro atoms. The Kier molecular flexibility index (Phi) is 3.76. The molecule has 1 aromatic heterocycles. The number of thiazole rings is 1. The molecule has 2 heterocycles. The predicted octanol–water partition coefficient (Wildman–Crippen LogP) is 1.71. The first-order chi connectivity index (χ1) is 9.91. The van der Waals surface area contributed by atoms with Crippen LogP contribution in [-0.4, -0.2) is 43.1 Å². The zero-order chi connectivity index (χ0) is 15.0. The van der Waals surface area contributed by atoms with Gasteiger partial charge in [-0.3, -0.25) is 0 Å². The van der Waals surface area contributed by atoms with E-state index in [0.29, 0.717) is 13.1 Å². The number of hydrogen-bond acceptors (Lipinski definition) is 6. The molecule has 6 nitrogen and oxygen atoms in total. The highest BCUT2D eigenvalue weighted by Crippen LogP contribution is 2.29. The molecule has 0 radical (unpaired) electrons. The molecule has 1 aliphatic rings. The molecule has 0 unspecified atom stereocenters. The summed E-state index contributed by atoms with van der Waals surface area (Å²) < 4.78 is 25.6. The molecule has 0 atom stereocenters. The molecular weight excluding hydrogens is 308 g/mol. The number of hydrogen-bond donors (Lipinski definition) is 2. The summed E-state index contributed by atoms with van der Waals surface area (Å²) in [6.45, 7) is 1.13. The number of sulfonamides is 1. The summed E-state index contributed by atoms with van der Waals surface area (Å²) in [5.41, 5.74) is 7.44. The molecule has 0 aliphatic carbocycles. The lowest BCUT2D eigenvalue weighted by Gasteiger charge is -2.30. The maximum absolute atomic E-state index is 11.5. The fourth-order valence-corrected chi connectivity index (χ4v) is 4.37. The van der Waals surface area contributed by atoms with E-state index in [4.69, 9.17) is 5.73 Å². The SMILES string of the molecule is CS(=O)(=O)N1CCC(Nc2nc3ccc(N)cc3s2)CC1. The Labute approximate surface area is 128 Å². The highest BCUT2D eigenvalue weighted by molar-refractivity contribution is 7.88. The van der Waals surface area contributed by atoms with Crippen molar-refractivity contribution in [3.8, 4) is 0 Å². The van der Waals surface area contributed by atoms with Crippen LogP contribution in [0, 0.1) is 0 Å². The summed E-state index contributed by atoms with van der Waals surface area (Å²) in [7, 11) is -3.07. The van der Waals surface area contributed by atoms with Crippen LogP contribution in [-0.2, 0) is 10.0 Å². The van der Waals surface area contributed by atoms with Crippen molar-refractivity contribution >= 4 is 42.4 Å². The summed E-state index contributed by atoms with van der Waals surface area (Å²) in [6.07, 6.45) is 2.86. The molecular formula is C13H18N4O2S2. The van der Waals surface area contributed by atoms with Gasteiger partial charge in [-0.2, -0.15) is 0 Å². The second kappa shape index (κ2) is 5.43. The summed E-state index contributed by atoms with van der Waals surface area (Å²) >= 11 is 1.58. The molecule has 3 rings (SSSR count). The second-order valence-corrected chi connectivity index (χ2v) is 8.34. The number of anilines is 2. The molecule has 1 aromatic carbocycles. The van der Waals surface area contributed by atoms with E-state index in [1.807, 2.05) is 18.2 Å². The number of aromatic nitrogens is 1. The van der Waals surface area contributed by atoms with Crippen molar-refractivity contribution in [3.05, 3.63) is 18.2 Å². The minimum absolute atomic E-state index is 0.265. The van der Waals surface area contributed by atoms with Gasteiger partial charge >= 0.3 is 0 Å². The average molecular weight is 326 g/mol. The third kappa shape index (κ3) is 3.28. The average Bonchev–Trinajstić information content (AvgIpc) is 2.79. The number of nitrogen functional groups attached to an aromatic ring is 1. The van der Waals surface area contributed by atoms with Gasteiger partial charge in [0.15, 0.2) is 5.13 Å². The summed E-state index contributed by atoms with van der Waals surface area (Å²) in [6, 6.07) is 5.94. The Hall–Kier alpha value is -1.38. The smallest absolute Gasteiger partial charge is 0.211 e. The molecule has 0 bridgehead atoms. The maximum Gasteiger partial charge on any atom is 0.211 e. The Bertz CT molecular complexity index is 749. The van der Waals surface area contributed by atoms with Gasteiger partial charge in [-0.25, -0.2) is 17.7 Å². The largest absolute Gasteiger partial charge is 0.399 e. The highest BCUT2D eigenvalue weighted by Gasteiger charge is 2.25. The Morgan fingerprint density at radius 2 is 2.10 bits per heavy atom. The number of nitrogens with zero attached hydrogens (tertiary/aromatic N) is 2. The van der Waals surface area contributed by atoms with Gasteiger partial charge in [0.2, 0.25) is 10.0 Å². The van der Waals surface area contributed by atoms with Crippen LogP contribution in [0.2, 0.25) is 0 Å². The van der Waals surface area contributed by atoms with Crippen molar-refractivity contribution in [1.82, 2.24) is 9.29 Å². The monoisotopic (exact) mass is 326 g/mol. The third-order valence-electron chi connectivity index (χ3n) is 3.66.